The Labute approximate surface area is 113 Å². The van der Waals surface area contributed by atoms with Gasteiger partial charge >= 0.3 is 0 Å². The van der Waals surface area contributed by atoms with Crippen molar-refractivity contribution in [3.8, 4) is 6.07 Å². The maximum atomic E-state index is 13.0. The number of Topliss-reactive ketones (excluding diaryl/α,β-unsaturated/α-hetero) is 1. The molecule has 94 valence electrons. The van der Waals surface area contributed by atoms with E-state index >= 15 is 0 Å². The fourth-order valence-corrected chi connectivity index (χ4v) is 1.84. The molecule has 1 aromatic carbocycles. The molecule has 0 radical (unpaired) electrons. The van der Waals surface area contributed by atoms with Gasteiger partial charge in [-0.1, -0.05) is 17.7 Å². The van der Waals surface area contributed by atoms with Crippen LogP contribution in [0.25, 0.3) is 0 Å². The van der Waals surface area contributed by atoms with Crippen LogP contribution in [-0.4, -0.2) is 15.8 Å². The number of ketones is 1. The number of aromatic nitrogens is 2. The summed E-state index contributed by atoms with van der Waals surface area (Å²) in [6.07, 6.45) is 2.81. The van der Waals surface area contributed by atoms with Gasteiger partial charge in [0, 0.05) is 17.4 Å². The van der Waals surface area contributed by atoms with Crippen LogP contribution in [-0.2, 0) is 0 Å². The van der Waals surface area contributed by atoms with E-state index in [1.165, 1.54) is 18.5 Å². The van der Waals surface area contributed by atoms with Crippen molar-refractivity contribution in [2.24, 2.45) is 0 Å². The topological polar surface area (TPSA) is 66.6 Å². The first kappa shape index (κ1) is 13.1. The standard InChI is InChI=1S/C13H7ClFN3O/c14-11-6-8(15)2-3-9(11)10(7-16)12(19)13-17-4-1-5-18-13/h1-6,10H. The average Bonchev–Trinajstić information content (AvgIpc) is 2.42. The Hall–Kier alpha value is -2.32. The molecule has 4 nitrogen and oxygen atoms in total. The van der Waals surface area contributed by atoms with Gasteiger partial charge in [0.05, 0.1) is 6.07 Å². The van der Waals surface area contributed by atoms with Crippen molar-refractivity contribution in [2.75, 3.05) is 0 Å². The molecule has 0 saturated carbocycles. The number of nitrogens with zero attached hydrogens (tertiary/aromatic N) is 3. The fraction of sp³-hybridized carbons (Fsp3) is 0.0769. The molecule has 1 atom stereocenters. The molecule has 0 aliphatic heterocycles. The summed E-state index contributed by atoms with van der Waals surface area (Å²) in [4.78, 5) is 19.7. The van der Waals surface area contributed by atoms with Gasteiger partial charge in [0.1, 0.15) is 11.7 Å². The van der Waals surface area contributed by atoms with Gasteiger partial charge in [0.2, 0.25) is 5.78 Å². The Morgan fingerprint density at radius 1 is 1.37 bits per heavy atom. The molecule has 6 heteroatoms. The highest BCUT2D eigenvalue weighted by molar-refractivity contribution is 6.31. The Kier molecular flexibility index (Phi) is 3.83. The molecule has 0 saturated heterocycles. The molecule has 0 spiro atoms. The smallest absolute Gasteiger partial charge is 0.221 e. The summed E-state index contributed by atoms with van der Waals surface area (Å²) in [5, 5.41) is 9.15. The van der Waals surface area contributed by atoms with E-state index < -0.39 is 17.5 Å². The zero-order valence-corrected chi connectivity index (χ0v) is 10.3. The van der Waals surface area contributed by atoms with Gasteiger partial charge in [0.15, 0.2) is 5.82 Å². The number of halogens is 2. The van der Waals surface area contributed by atoms with Gasteiger partial charge in [-0.25, -0.2) is 14.4 Å². The summed E-state index contributed by atoms with van der Waals surface area (Å²) >= 11 is 5.85. The second-order valence-electron chi connectivity index (χ2n) is 3.66. The maximum absolute atomic E-state index is 13.0. The molecular formula is C13H7ClFN3O. The van der Waals surface area contributed by atoms with E-state index in [1.54, 1.807) is 6.07 Å². The van der Waals surface area contributed by atoms with Crippen molar-refractivity contribution in [2.45, 2.75) is 5.92 Å². The zero-order valence-electron chi connectivity index (χ0n) is 9.55. The van der Waals surface area contributed by atoms with Crippen LogP contribution in [0.5, 0.6) is 0 Å². The number of rotatable bonds is 3. The van der Waals surface area contributed by atoms with Crippen molar-refractivity contribution in [1.29, 1.82) is 5.26 Å². The van der Waals surface area contributed by atoms with Crippen LogP contribution in [0.15, 0.2) is 36.7 Å². The minimum Gasteiger partial charge on any atom is -0.289 e. The molecule has 1 unspecified atom stereocenters. The quantitative estimate of drug-likeness (QED) is 0.808. The molecule has 0 N–H and O–H groups in total. The minimum absolute atomic E-state index is 0.0239. The van der Waals surface area contributed by atoms with E-state index in [-0.39, 0.29) is 16.4 Å². The lowest BCUT2D eigenvalue weighted by molar-refractivity contribution is 0.0968. The molecule has 2 aromatic rings. The predicted molar refractivity (Wildman–Crippen MR) is 66.1 cm³/mol. The third-order valence-electron chi connectivity index (χ3n) is 2.45. The highest BCUT2D eigenvalue weighted by Crippen LogP contribution is 2.27. The number of carbonyl (C=O) groups is 1. The molecule has 2 rings (SSSR count). The summed E-state index contributed by atoms with van der Waals surface area (Å²) in [6, 6.07) is 6.91. The Bertz CT molecular complexity index is 655. The van der Waals surface area contributed by atoms with Crippen molar-refractivity contribution >= 4 is 17.4 Å². The summed E-state index contributed by atoms with van der Waals surface area (Å²) in [6.45, 7) is 0. The third-order valence-corrected chi connectivity index (χ3v) is 2.78. The first-order valence-electron chi connectivity index (χ1n) is 5.29. The van der Waals surface area contributed by atoms with Crippen molar-refractivity contribution in [1.82, 2.24) is 9.97 Å². The SMILES string of the molecule is N#CC(C(=O)c1ncccn1)c1ccc(F)cc1Cl. The minimum atomic E-state index is -1.16. The number of hydrogen-bond donors (Lipinski definition) is 0. The molecule has 0 aliphatic rings. The molecule has 0 amide bonds. The van der Waals surface area contributed by atoms with Gasteiger partial charge in [-0.15, -0.1) is 0 Å². The lowest BCUT2D eigenvalue weighted by atomic mass is 9.95. The lowest BCUT2D eigenvalue weighted by Crippen LogP contribution is -2.14. The van der Waals surface area contributed by atoms with Crippen LogP contribution in [0.4, 0.5) is 4.39 Å². The van der Waals surface area contributed by atoms with Crippen LogP contribution >= 0.6 is 11.6 Å². The van der Waals surface area contributed by atoms with Crippen molar-refractivity contribution in [3.05, 3.63) is 58.9 Å². The van der Waals surface area contributed by atoms with E-state index in [0.717, 1.165) is 12.1 Å². The normalized spacial score (nSPS) is 11.6. The Morgan fingerprint density at radius 2 is 2.05 bits per heavy atom. The number of nitriles is 1. The number of hydrogen-bond acceptors (Lipinski definition) is 4. The van der Waals surface area contributed by atoms with E-state index in [2.05, 4.69) is 9.97 Å². The van der Waals surface area contributed by atoms with Crippen LogP contribution in [0.1, 0.15) is 22.1 Å². The third kappa shape index (κ3) is 2.75. The van der Waals surface area contributed by atoms with Gasteiger partial charge < -0.3 is 0 Å². The first-order valence-corrected chi connectivity index (χ1v) is 5.67. The van der Waals surface area contributed by atoms with Gasteiger partial charge in [-0.2, -0.15) is 5.26 Å². The second-order valence-corrected chi connectivity index (χ2v) is 4.07. The molecule has 0 aliphatic carbocycles. The Morgan fingerprint density at radius 3 is 2.63 bits per heavy atom. The highest BCUT2D eigenvalue weighted by atomic mass is 35.5. The van der Waals surface area contributed by atoms with E-state index in [4.69, 9.17) is 16.9 Å². The van der Waals surface area contributed by atoms with Crippen LogP contribution in [0.2, 0.25) is 5.02 Å². The second kappa shape index (κ2) is 5.55. The molecule has 1 aromatic heterocycles. The van der Waals surface area contributed by atoms with E-state index in [1.807, 2.05) is 6.07 Å². The maximum Gasteiger partial charge on any atom is 0.221 e. The van der Waals surface area contributed by atoms with E-state index in [0.29, 0.717) is 0 Å². The predicted octanol–water partition coefficient (Wildman–Crippen LogP) is 2.76. The summed E-state index contributed by atoms with van der Waals surface area (Å²) < 4.78 is 13.0. The van der Waals surface area contributed by atoms with Crippen LogP contribution in [0, 0.1) is 17.1 Å². The summed E-state index contributed by atoms with van der Waals surface area (Å²) in [5.74, 6) is -2.34. The first-order chi connectivity index (χ1) is 9.13. The highest BCUT2D eigenvalue weighted by Gasteiger charge is 2.26. The largest absolute Gasteiger partial charge is 0.289 e. The molecular weight excluding hydrogens is 269 g/mol. The number of benzene rings is 1. The fourth-order valence-electron chi connectivity index (χ4n) is 1.56. The Balaban J connectivity index is 2.41. The number of carbonyl (C=O) groups excluding carboxylic acids is 1. The van der Waals surface area contributed by atoms with Crippen LogP contribution in [0.3, 0.4) is 0 Å². The average molecular weight is 276 g/mol. The van der Waals surface area contributed by atoms with Gasteiger partial charge in [0.25, 0.3) is 0 Å². The van der Waals surface area contributed by atoms with Gasteiger partial charge in [-0.3, -0.25) is 4.79 Å². The molecule has 0 fully saturated rings. The van der Waals surface area contributed by atoms with Crippen molar-refractivity contribution in [3.63, 3.8) is 0 Å². The lowest BCUT2D eigenvalue weighted by Gasteiger charge is -2.09. The monoisotopic (exact) mass is 275 g/mol. The molecule has 19 heavy (non-hydrogen) atoms. The molecule has 1 heterocycles. The van der Waals surface area contributed by atoms with Crippen molar-refractivity contribution < 1.29 is 9.18 Å². The van der Waals surface area contributed by atoms with Crippen LogP contribution < -0.4 is 0 Å². The summed E-state index contributed by atoms with van der Waals surface area (Å²) in [5.41, 5.74) is 0.239. The van der Waals surface area contributed by atoms with E-state index in [9.17, 15) is 9.18 Å². The zero-order chi connectivity index (χ0) is 13.8. The molecule has 0 bridgehead atoms. The van der Waals surface area contributed by atoms with Gasteiger partial charge in [-0.05, 0) is 23.8 Å². The summed E-state index contributed by atoms with van der Waals surface area (Å²) in [7, 11) is 0.